The highest BCUT2D eigenvalue weighted by molar-refractivity contribution is 6.06. The monoisotopic (exact) mass is 540 g/mol. The minimum absolute atomic E-state index is 0.128. The van der Waals surface area contributed by atoms with Crippen LogP contribution in [0.4, 0.5) is 18.9 Å². The number of H-pyrrole nitrogens is 1. The first kappa shape index (κ1) is 27.5. The largest absolute Gasteiger partial charge is 0.496 e. The molecule has 11 heteroatoms. The van der Waals surface area contributed by atoms with Crippen LogP contribution in [-0.4, -0.2) is 42.3 Å². The quantitative estimate of drug-likeness (QED) is 0.289. The zero-order valence-corrected chi connectivity index (χ0v) is 21.5. The lowest BCUT2D eigenvalue weighted by atomic mass is 9.91. The number of amides is 3. The first-order valence-corrected chi connectivity index (χ1v) is 12.0. The molecule has 1 saturated carbocycles. The standard InChI is InChI=1S/C28H27F3N4O4/c1-13-9-18(35-26(37)14(2)29)6-8-19(13)22-15(3)34-24(25(32)36)23(22)16-5-7-20(21(10-16)39-4)27(38)33-12-17-11-28(17,30)31/h5-10,17,34H,2,11-12H2,1,3-4H3,(H2,32,36)(H,33,38)(H,35,37). The van der Waals surface area contributed by atoms with Gasteiger partial charge in [-0.3, -0.25) is 14.4 Å². The van der Waals surface area contributed by atoms with Crippen molar-refractivity contribution in [3.63, 3.8) is 0 Å². The lowest BCUT2D eigenvalue weighted by molar-refractivity contribution is -0.114. The maximum absolute atomic E-state index is 13.2. The molecule has 1 fully saturated rings. The van der Waals surface area contributed by atoms with Crippen molar-refractivity contribution in [1.29, 1.82) is 0 Å². The molecule has 8 nitrogen and oxygen atoms in total. The molecule has 3 aromatic rings. The van der Waals surface area contributed by atoms with Crippen molar-refractivity contribution < 1.29 is 32.3 Å². The normalized spacial score (nSPS) is 15.4. The zero-order valence-electron chi connectivity index (χ0n) is 21.5. The van der Waals surface area contributed by atoms with Crippen LogP contribution in [0.1, 0.15) is 38.5 Å². The van der Waals surface area contributed by atoms with Gasteiger partial charge in [-0.05, 0) is 54.8 Å². The van der Waals surface area contributed by atoms with Crippen LogP contribution in [0.25, 0.3) is 22.3 Å². The summed E-state index contributed by atoms with van der Waals surface area (Å²) in [6, 6.07) is 9.60. The Morgan fingerprint density at radius 2 is 1.85 bits per heavy atom. The molecule has 0 saturated heterocycles. The number of anilines is 1. The highest BCUT2D eigenvalue weighted by atomic mass is 19.3. The number of ether oxygens (including phenoxy) is 1. The molecule has 0 bridgehead atoms. The minimum Gasteiger partial charge on any atom is -0.496 e. The van der Waals surface area contributed by atoms with Gasteiger partial charge in [-0.25, -0.2) is 13.2 Å². The number of aryl methyl sites for hydroxylation is 2. The number of aromatic amines is 1. The molecule has 4 rings (SSSR count). The van der Waals surface area contributed by atoms with Crippen LogP contribution < -0.4 is 21.1 Å². The summed E-state index contributed by atoms with van der Waals surface area (Å²) in [7, 11) is 1.37. The van der Waals surface area contributed by atoms with E-state index >= 15 is 0 Å². The fourth-order valence-corrected chi connectivity index (χ4v) is 4.49. The van der Waals surface area contributed by atoms with Crippen LogP contribution in [0, 0.1) is 19.8 Å². The van der Waals surface area contributed by atoms with Crippen molar-refractivity contribution in [1.82, 2.24) is 10.3 Å². The molecule has 204 valence electrons. The number of halogens is 3. The van der Waals surface area contributed by atoms with Crippen molar-refractivity contribution in [3.8, 4) is 28.0 Å². The Hall–Kier alpha value is -4.54. The van der Waals surface area contributed by atoms with E-state index in [4.69, 9.17) is 10.5 Å². The first-order valence-electron chi connectivity index (χ1n) is 12.0. The summed E-state index contributed by atoms with van der Waals surface area (Å²) in [5, 5.41) is 4.93. The number of hydrogen-bond donors (Lipinski definition) is 4. The van der Waals surface area contributed by atoms with Crippen molar-refractivity contribution >= 4 is 23.4 Å². The SMILES string of the molecule is C=C(F)C(=O)Nc1ccc(-c2c(C)[nH]c(C(N)=O)c2-c2ccc(C(=O)NCC3CC3(F)F)c(OC)c2)c(C)c1. The molecule has 1 atom stereocenters. The predicted molar refractivity (Wildman–Crippen MR) is 140 cm³/mol. The molecule has 0 radical (unpaired) electrons. The summed E-state index contributed by atoms with van der Waals surface area (Å²) in [5.74, 6) is -6.82. The van der Waals surface area contributed by atoms with Gasteiger partial charge < -0.3 is 26.1 Å². The van der Waals surface area contributed by atoms with Crippen LogP contribution in [0.15, 0.2) is 48.8 Å². The number of benzene rings is 2. The molecule has 1 aromatic heterocycles. The maximum Gasteiger partial charge on any atom is 0.283 e. The Balaban J connectivity index is 1.74. The summed E-state index contributed by atoms with van der Waals surface area (Å²) in [6.07, 6.45) is -0.257. The first-order chi connectivity index (χ1) is 18.3. The van der Waals surface area contributed by atoms with Crippen LogP contribution in [0.5, 0.6) is 5.75 Å². The van der Waals surface area contributed by atoms with E-state index in [0.29, 0.717) is 39.2 Å². The van der Waals surface area contributed by atoms with Gasteiger partial charge in [0.05, 0.1) is 12.7 Å². The van der Waals surface area contributed by atoms with Crippen LogP contribution in [-0.2, 0) is 4.79 Å². The van der Waals surface area contributed by atoms with E-state index in [1.165, 1.54) is 13.2 Å². The second-order valence-electron chi connectivity index (χ2n) is 9.42. The number of aromatic nitrogens is 1. The molecular formula is C28H27F3N4O4. The fraction of sp³-hybridized carbons (Fsp3) is 0.250. The molecule has 1 unspecified atom stereocenters. The Bertz CT molecular complexity index is 1510. The van der Waals surface area contributed by atoms with Gasteiger partial charge in [0.25, 0.3) is 23.6 Å². The van der Waals surface area contributed by atoms with Gasteiger partial charge in [-0.1, -0.05) is 18.7 Å². The van der Waals surface area contributed by atoms with Gasteiger partial charge in [-0.2, -0.15) is 0 Å². The smallest absolute Gasteiger partial charge is 0.283 e. The molecule has 5 N–H and O–H groups in total. The van der Waals surface area contributed by atoms with Crippen LogP contribution in [0.2, 0.25) is 0 Å². The maximum atomic E-state index is 13.2. The summed E-state index contributed by atoms with van der Waals surface area (Å²) >= 11 is 0. The third-order valence-electron chi connectivity index (χ3n) is 6.63. The van der Waals surface area contributed by atoms with E-state index in [-0.39, 0.29) is 30.0 Å². The van der Waals surface area contributed by atoms with Crippen molar-refractivity contribution in [2.24, 2.45) is 11.7 Å². The van der Waals surface area contributed by atoms with Gasteiger partial charge in [-0.15, -0.1) is 0 Å². The Labute approximate surface area is 222 Å². The van der Waals surface area contributed by atoms with E-state index in [9.17, 15) is 27.6 Å². The van der Waals surface area contributed by atoms with Gasteiger partial charge in [0.2, 0.25) is 0 Å². The Morgan fingerprint density at radius 3 is 2.41 bits per heavy atom. The van der Waals surface area contributed by atoms with E-state index in [2.05, 4.69) is 22.2 Å². The lowest BCUT2D eigenvalue weighted by Gasteiger charge is -2.15. The van der Waals surface area contributed by atoms with E-state index < -0.39 is 35.4 Å². The molecule has 1 heterocycles. The molecule has 0 spiro atoms. The van der Waals surface area contributed by atoms with Gasteiger partial charge >= 0.3 is 0 Å². The molecule has 1 aliphatic rings. The van der Waals surface area contributed by atoms with Gasteiger partial charge in [0.15, 0.2) is 5.83 Å². The van der Waals surface area contributed by atoms with Crippen LogP contribution in [0.3, 0.4) is 0 Å². The van der Waals surface area contributed by atoms with Crippen molar-refractivity contribution in [2.45, 2.75) is 26.2 Å². The van der Waals surface area contributed by atoms with Crippen LogP contribution >= 0.6 is 0 Å². The fourth-order valence-electron chi connectivity index (χ4n) is 4.49. The molecule has 39 heavy (non-hydrogen) atoms. The average Bonchev–Trinajstić information content (AvgIpc) is 3.34. The van der Waals surface area contributed by atoms with E-state index in [1.807, 2.05) is 0 Å². The molecule has 3 amide bonds. The summed E-state index contributed by atoms with van der Waals surface area (Å²) in [5.41, 5.74) is 9.95. The molecule has 1 aliphatic carbocycles. The predicted octanol–water partition coefficient (Wildman–Crippen LogP) is 4.88. The number of nitrogens with one attached hydrogen (secondary N) is 3. The number of carbonyl (C=O) groups excluding carboxylic acids is 3. The number of methoxy groups -OCH3 is 1. The Kier molecular flexibility index (Phi) is 7.27. The highest BCUT2D eigenvalue weighted by Gasteiger charge is 2.56. The molecule has 0 aliphatic heterocycles. The van der Waals surface area contributed by atoms with Crippen molar-refractivity contribution in [2.75, 3.05) is 19.0 Å². The molecule has 2 aromatic carbocycles. The van der Waals surface area contributed by atoms with Gasteiger partial charge in [0.1, 0.15) is 11.4 Å². The summed E-state index contributed by atoms with van der Waals surface area (Å²) in [4.78, 5) is 39.8. The number of primary amides is 1. The molecular weight excluding hydrogens is 513 g/mol. The number of nitrogens with two attached hydrogens (primary N) is 1. The topological polar surface area (TPSA) is 126 Å². The minimum atomic E-state index is -2.75. The number of alkyl halides is 2. The lowest BCUT2D eigenvalue weighted by Crippen LogP contribution is -2.27. The zero-order chi connectivity index (χ0) is 28.6. The number of hydrogen-bond acceptors (Lipinski definition) is 4. The average molecular weight is 541 g/mol. The number of carbonyl (C=O) groups is 3. The Morgan fingerprint density at radius 1 is 1.15 bits per heavy atom. The third kappa shape index (κ3) is 5.52. The summed E-state index contributed by atoms with van der Waals surface area (Å²) in [6.45, 7) is 6.38. The number of rotatable bonds is 9. The van der Waals surface area contributed by atoms with Gasteiger partial charge in [0, 0.05) is 41.4 Å². The second kappa shape index (κ2) is 10.3. The van der Waals surface area contributed by atoms with E-state index in [1.54, 1.807) is 44.2 Å². The highest BCUT2D eigenvalue weighted by Crippen LogP contribution is 2.48. The second-order valence-corrected chi connectivity index (χ2v) is 9.42. The summed E-state index contributed by atoms with van der Waals surface area (Å²) < 4.78 is 45.0. The third-order valence-corrected chi connectivity index (χ3v) is 6.63. The van der Waals surface area contributed by atoms with E-state index in [0.717, 1.165) is 0 Å². The van der Waals surface area contributed by atoms with Crippen molar-refractivity contribution in [3.05, 3.63) is 71.3 Å².